The SMILES string of the molecule is Cc1ccc(C(=O)N2CCN([C@H](C)c3ccccc3)CC2)cc1. The lowest BCUT2D eigenvalue weighted by molar-refractivity contribution is 0.0582. The fraction of sp³-hybridized carbons (Fsp3) is 0.350. The van der Waals surface area contributed by atoms with Gasteiger partial charge >= 0.3 is 0 Å². The third-order valence-electron chi connectivity index (χ3n) is 4.73. The van der Waals surface area contributed by atoms with E-state index < -0.39 is 0 Å². The summed E-state index contributed by atoms with van der Waals surface area (Å²) in [6.07, 6.45) is 0. The van der Waals surface area contributed by atoms with Crippen LogP contribution in [0.4, 0.5) is 0 Å². The number of benzene rings is 2. The Morgan fingerprint density at radius 3 is 2.13 bits per heavy atom. The second-order valence-corrected chi connectivity index (χ2v) is 6.28. The maximum atomic E-state index is 12.6. The van der Waals surface area contributed by atoms with Crippen molar-refractivity contribution in [3.8, 4) is 0 Å². The van der Waals surface area contributed by atoms with E-state index in [0.717, 1.165) is 31.7 Å². The standard InChI is InChI=1S/C20H24N2O/c1-16-8-10-19(11-9-16)20(23)22-14-12-21(13-15-22)17(2)18-6-4-3-5-7-18/h3-11,17H,12-15H2,1-2H3/t17-/m1/s1. The molecule has 3 nitrogen and oxygen atoms in total. The van der Waals surface area contributed by atoms with Crippen LogP contribution >= 0.6 is 0 Å². The second kappa shape index (κ2) is 6.97. The molecule has 1 fully saturated rings. The van der Waals surface area contributed by atoms with Gasteiger partial charge in [-0.2, -0.15) is 0 Å². The van der Waals surface area contributed by atoms with Crippen LogP contribution in [0.15, 0.2) is 54.6 Å². The lowest BCUT2D eigenvalue weighted by atomic mass is 10.1. The minimum absolute atomic E-state index is 0.150. The van der Waals surface area contributed by atoms with Gasteiger partial charge < -0.3 is 4.90 Å². The maximum Gasteiger partial charge on any atom is 0.253 e. The molecule has 0 N–H and O–H groups in total. The predicted molar refractivity (Wildman–Crippen MR) is 93.5 cm³/mol. The summed E-state index contributed by atoms with van der Waals surface area (Å²) in [6.45, 7) is 7.72. The van der Waals surface area contributed by atoms with Gasteiger partial charge in [0.1, 0.15) is 0 Å². The van der Waals surface area contributed by atoms with Crippen LogP contribution in [-0.4, -0.2) is 41.9 Å². The summed E-state index contributed by atoms with van der Waals surface area (Å²) in [5.74, 6) is 0.150. The summed E-state index contributed by atoms with van der Waals surface area (Å²) in [7, 11) is 0. The molecule has 120 valence electrons. The van der Waals surface area contributed by atoms with Crippen molar-refractivity contribution >= 4 is 5.91 Å². The third kappa shape index (κ3) is 3.62. The summed E-state index contributed by atoms with van der Waals surface area (Å²) in [4.78, 5) is 17.0. The molecule has 3 heteroatoms. The van der Waals surface area contributed by atoms with Gasteiger partial charge in [0.15, 0.2) is 0 Å². The Kier molecular flexibility index (Phi) is 4.77. The van der Waals surface area contributed by atoms with Crippen LogP contribution in [0, 0.1) is 6.92 Å². The Labute approximate surface area is 138 Å². The van der Waals surface area contributed by atoms with Gasteiger partial charge in [0.25, 0.3) is 5.91 Å². The van der Waals surface area contributed by atoms with Crippen molar-refractivity contribution in [2.24, 2.45) is 0 Å². The average Bonchev–Trinajstić information content (AvgIpc) is 2.62. The molecule has 0 radical (unpaired) electrons. The molecule has 1 aliphatic rings. The molecular formula is C20H24N2O. The maximum absolute atomic E-state index is 12.6. The van der Waals surface area contributed by atoms with E-state index in [0.29, 0.717) is 6.04 Å². The number of carbonyl (C=O) groups is 1. The predicted octanol–water partition coefficient (Wildman–Crippen LogP) is 3.51. The first-order valence-corrected chi connectivity index (χ1v) is 8.30. The lowest BCUT2D eigenvalue weighted by Gasteiger charge is -2.38. The van der Waals surface area contributed by atoms with Crippen LogP contribution < -0.4 is 0 Å². The highest BCUT2D eigenvalue weighted by Gasteiger charge is 2.25. The molecule has 2 aromatic carbocycles. The molecular weight excluding hydrogens is 284 g/mol. The van der Waals surface area contributed by atoms with Gasteiger partial charge in [-0.1, -0.05) is 48.0 Å². The number of aryl methyl sites for hydroxylation is 1. The number of carbonyl (C=O) groups excluding carboxylic acids is 1. The lowest BCUT2D eigenvalue weighted by Crippen LogP contribution is -2.49. The molecule has 1 aliphatic heterocycles. The Morgan fingerprint density at radius 1 is 0.913 bits per heavy atom. The van der Waals surface area contributed by atoms with E-state index in [2.05, 4.69) is 36.1 Å². The van der Waals surface area contributed by atoms with Crippen LogP contribution in [0.25, 0.3) is 0 Å². The van der Waals surface area contributed by atoms with E-state index in [1.165, 1.54) is 11.1 Å². The van der Waals surface area contributed by atoms with Gasteiger partial charge in [-0.05, 0) is 31.5 Å². The van der Waals surface area contributed by atoms with Crippen molar-refractivity contribution in [1.82, 2.24) is 9.80 Å². The van der Waals surface area contributed by atoms with E-state index >= 15 is 0 Å². The molecule has 0 spiro atoms. The van der Waals surface area contributed by atoms with Crippen LogP contribution in [0.5, 0.6) is 0 Å². The average molecular weight is 308 g/mol. The summed E-state index contributed by atoms with van der Waals surface area (Å²) < 4.78 is 0. The first-order valence-electron chi connectivity index (χ1n) is 8.30. The molecule has 0 aromatic heterocycles. The van der Waals surface area contributed by atoms with E-state index in [1.807, 2.05) is 42.2 Å². The van der Waals surface area contributed by atoms with Crippen LogP contribution in [0.2, 0.25) is 0 Å². The van der Waals surface area contributed by atoms with Gasteiger partial charge in [0, 0.05) is 37.8 Å². The highest BCUT2D eigenvalue weighted by Crippen LogP contribution is 2.21. The number of nitrogens with zero attached hydrogens (tertiary/aromatic N) is 2. The number of piperazine rings is 1. The first kappa shape index (κ1) is 15.8. The zero-order chi connectivity index (χ0) is 16.2. The van der Waals surface area contributed by atoms with Crippen LogP contribution in [0.1, 0.15) is 34.5 Å². The Morgan fingerprint density at radius 2 is 1.52 bits per heavy atom. The fourth-order valence-corrected chi connectivity index (χ4v) is 3.13. The largest absolute Gasteiger partial charge is 0.336 e. The second-order valence-electron chi connectivity index (χ2n) is 6.28. The fourth-order valence-electron chi connectivity index (χ4n) is 3.13. The van der Waals surface area contributed by atoms with Crippen LogP contribution in [-0.2, 0) is 0 Å². The smallest absolute Gasteiger partial charge is 0.253 e. The molecule has 0 saturated carbocycles. The van der Waals surface area contributed by atoms with Gasteiger partial charge in [-0.15, -0.1) is 0 Å². The first-order chi connectivity index (χ1) is 11.1. The minimum Gasteiger partial charge on any atom is -0.336 e. The highest BCUT2D eigenvalue weighted by molar-refractivity contribution is 5.94. The van der Waals surface area contributed by atoms with Crippen molar-refractivity contribution in [3.05, 3.63) is 71.3 Å². The molecule has 3 rings (SSSR count). The molecule has 1 amide bonds. The molecule has 0 aliphatic carbocycles. The van der Waals surface area contributed by atoms with Crippen molar-refractivity contribution in [2.45, 2.75) is 19.9 Å². The summed E-state index contributed by atoms with van der Waals surface area (Å²) in [5, 5.41) is 0. The monoisotopic (exact) mass is 308 g/mol. The van der Waals surface area contributed by atoms with E-state index in [4.69, 9.17) is 0 Å². The molecule has 0 unspecified atom stereocenters. The quantitative estimate of drug-likeness (QED) is 0.866. The van der Waals surface area contributed by atoms with Gasteiger partial charge in [-0.3, -0.25) is 9.69 Å². The normalized spacial score (nSPS) is 17.0. The summed E-state index contributed by atoms with van der Waals surface area (Å²) in [6, 6.07) is 18.8. The van der Waals surface area contributed by atoms with Gasteiger partial charge in [-0.25, -0.2) is 0 Å². The minimum atomic E-state index is 0.150. The Balaban J connectivity index is 1.60. The number of hydrogen-bond donors (Lipinski definition) is 0. The molecule has 2 aromatic rings. The van der Waals surface area contributed by atoms with Gasteiger partial charge in [0.05, 0.1) is 0 Å². The Bertz CT molecular complexity index is 643. The van der Waals surface area contributed by atoms with E-state index in [-0.39, 0.29) is 5.91 Å². The zero-order valence-corrected chi connectivity index (χ0v) is 13.9. The van der Waals surface area contributed by atoms with Crippen molar-refractivity contribution in [3.63, 3.8) is 0 Å². The van der Waals surface area contributed by atoms with Crippen molar-refractivity contribution in [1.29, 1.82) is 0 Å². The molecule has 23 heavy (non-hydrogen) atoms. The third-order valence-corrected chi connectivity index (χ3v) is 4.73. The van der Waals surface area contributed by atoms with Crippen molar-refractivity contribution in [2.75, 3.05) is 26.2 Å². The van der Waals surface area contributed by atoms with E-state index in [1.54, 1.807) is 0 Å². The van der Waals surface area contributed by atoms with Crippen LogP contribution in [0.3, 0.4) is 0 Å². The molecule has 1 heterocycles. The topological polar surface area (TPSA) is 23.6 Å². The van der Waals surface area contributed by atoms with E-state index in [9.17, 15) is 4.79 Å². The number of hydrogen-bond acceptors (Lipinski definition) is 2. The zero-order valence-electron chi connectivity index (χ0n) is 13.9. The number of rotatable bonds is 3. The summed E-state index contributed by atoms with van der Waals surface area (Å²) >= 11 is 0. The van der Waals surface area contributed by atoms with Gasteiger partial charge in [0.2, 0.25) is 0 Å². The highest BCUT2D eigenvalue weighted by atomic mass is 16.2. The molecule has 1 atom stereocenters. The molecule has 1 saturated heterocycles. The Hall–Kier alpha value is -2.13. The summed E-state index contributed by atoms with van der Waals surface area (Å²) in [5.41, 5.74) is 3.31. The van der Waals surface area contributed by atoms with Crippen molar-refractivity contribution < 1.29 is 4.79 Å². The number of amides is 1. The molecule has 0 bridgehead atoms.